The van der Waals surface area contributed by atoms with E-state index < -0.39 is 12.1 Å². The molecule has 2 N–H and O–H groups in total. The second-order valence-corrected chi connectivity index (χ2v) is 6.82. The van der Waals surface area contributed by atoms with Gasteiger partial charge in [-0.1, -0.05) is 0 Å². The number of ether oxygens (including phenoxy) is 2. The fourth-order valence-corrected chi connectivity index (χ4v) is 3.44. The number of likely N-dealkylation sites (tertiary alicyclic amines) is 1. The number of aliphatic carboxylic acids is 1. The van der Waals surface area contributed by atoms with Crippen molar-refractivity contribution in [2.45, 2.75) is 37.2 Å². The minimum Gasteiger partial charge on any atom is -0.475 e. The van der Waals surface area contributed by atoms with E-state index in [0.29, 0.717) is 18.2 Å². The zero-order chi connectivity index (χ0) is 21.6. The molecule has 9 nitrogen and oxygen atoms in total. The number of hydrogen-bond donors (Lipinski definition) is 2. The summed E-state index contributed by atoms with van der Waals surface area (Å²) in [5, 5.41) is 14.3. The fraction of sp³-hybridized carbons (Fsp3) is 0.706. The molecule has 1 aromatic heterocycles. The van der Waals surface area contributed by atoms with E-state index in [2.05, 4.69) is 15.3 Å². The first kappa shape index (κ1) is 23.1. The number of carboxylic acids is 1. The Morgan fingerprint density at radius 3 is 2.69 bits per heavy atom. The van der Waals surface area contributed by atoms with E-state index in [1.54, 1.807) is 31.2 Å². The van der Waals surface area contributed by atoms with Crippen molar-refractivity contribution in [1.82, 2.24) is 20.0 Å². The largest absolute Gasteiger partial charge is 0.490 e. The second kappa shape index (κ2) is 10.0. The fourth-order valence-electron chi connectivity index (χ4n) is 3.44. The maximum atomic E-state index is 12.3. The molecule has 164 valence electrons. The molecule has 0 aromatic carbocycles. The number of fused-ring (bicyclic) bond motifs is 1. The van der Waals surface area contributed by atoms with Crippen LogP contribution in [0.25, 0.3) is 0 Å². The molecule has 0 saturated carbocycles. The molecule has 0 spiro atoms. The van der Waals surface area contributed by atoms with Gasteiger partial charge in [-0.25, -0.2) is 4.79 Å². The van der Waals surface area contributed by atoms with E-state index in [9.17, 15) is 18.0 Å². The SMILES string of the molecule is COCCN1C[C@H](NC(=O)c2cnn(C)c2)[C@H]2OCCC[C@H]21.O=C(O)C(F)(F)F. The van der Waals surface area contributed by atoms with Gasteiger partial charge in [-0.15, -0.1) is 0 Å². The smallest absolute Gasteiger partial charge is 0.475 e. The number of aryl methyl sites for hydroxylation is 1. The maximum absolute atomic E-state index is 12.3. The van der Waals surface area contributed by atoms with Gasteiger partial charge in [-0.05, 0) is 12.8 Å². The summed E-state index contributed by atoms with van der Waals surface area (Å²) in [4.78, 5) is 23.6. The molecular formula is C17H25F3N4O5. The highest BCUT2D eigenvalue weighted by molar-refractivity contribution is 5.94. The molecule has 0 radical (unpaired) electrons. The molecular weight excluding hydrogens is 397 g/mol. The number of rotatable bonds is 5. The average Bonchev–Trinajstić information content (AvgIpc) is 3.24. The van der Waals surface area contributed by atoms with Gasteiger partial charge in [0, 0.05) is 46.1 Å². The van der Waals surface area contributed by atoms with Crippen LogP contribution in [0.2, 0.25) is 0 Å². The van der Waals surface area contributed by atoms with Gasteiger partial charge >= 0.3 is 12.1 Å². The van der Waals surface area contributed by atoms with Crippen molar-refractivity contribution in [2.24, 2.45) is 7.05 Å². The standard InChI is InChI=1S/C15H24N4O3.C2HF3O2/c1-18-9-11(8-16-18)15(20)17-12-10-19(5-7-21-2)13-4-3-6-22-14(12)13;3-2(4,5)1(6)7/h8-9,12-14H,3-7,10H2,1-2H3,(H,17,20);(H,6,7)/t12-,13+,14+;/m0./s1. The monoisotopic (exact) mass is 422 g/mol. The third kappa shape index (κ3) is 6.41. The number of carbonyl (C=O) groups is 2. The van der Waals surface area contributed by atoms with Crippen molar-refractivity contribution in [3.8, 4) is 0 Å². The van der Waals surface area contributed by atoms with Crippen LogP contribution in [-0.2, 0) is 21.3 Å². The number of carbonyl (C=O) groups excluding carboxylic acids is 1. The molecule has 2 saturated heterocycles. The van der Waals surface area contributed by atoms with E-state index >= 15 is 0 Å². The Kier molecular flexibility index (Phi) is 7.99. The lowest BCUT2D eigenvalue weighted by molar-refractivity contribution is -0.192. The normalized spacial score (nSPS) is 24.4. The Bertz CT molecular complexity index is 697. The molecule has 3 heterocycles. The number of alkyl halides is 3. The minimum absolute atomic E-state index is 0.0230. The first-order valence-corrected chi connectivity index (χ1v) is 9.07. The van der Waals surface area contributed by atoms with Crippen LogP contribution in [0.5, 0.6) is 0 Å². The number of amides is 1. The summed E-state index contributed by atoms with van der Waals surface area (Å²) in [6, 6.07) is 0.401. The Morgan fingerprint density at radius 2 is 2.14 bits per heavy atom. The van der Waals surface area contributed by atoms with E-state index in [-0.39, 0.29) is 18.1 Å². The predicted octanol–water partition coefficient (Wildman–Crippen LogP) is 0.661. The number of methoxy groups -OCH3 is 1. The summed E-state index contributed by atoms with van der Waals surface area (Å²) in [7, 11) is 3.52. The summed E-state index contributed by atoms with van der Waals surface area (Å²) < 4.78 is 44.5. The van der Waals surface area contributed by atoms with Gasteiger partial charge < -0.3 is 19.9 Å². The summed E-state index contributed by atoms with van der Waals surface area (Å²) in [5.74, 6) is -2.84. The lowest BCUT2D eigenvalue weighted by atomic mass is 10.0. The van der Waals surface area contributed by atoms with Crippen LogP contribution in [-0.4, -0.2) is 89.4 Å². The summed E-state index contributed by atoms with van der Waals surface area (Å²) in [6.07, 6.45) is 0.506. The number of nitrogens with zero attached hydrogens (tertiary/aromatic N) is 3. The Labute approximate surface area is 165 Å². The van der Waals surface area contributed by atoms with Gasteiger partial charge in [0.15, 0.2) is 0 Å². The van der Waals surface area contributed by atoms with Crippen molar-refractivity contribution in [1.29, 1.82) is 0 Å². The molecule has 0 aliphatic carbocycles. The van der Waals surface area contributed by atoms with Gasteiger partial charge in [0.1, 0.15) is 0 Å². The van der Waals surface area contributed by atoms with E-state index in [4.69, 9.17) is 19.4 Å². The highest BCUT2D eigenvalue weighted by atomic mass is 19.4. The third-order valence-corrected chi connectivity index (χ3v) is 4.74. The molecule has 0 unspecified atom stereocenters. The van der Waals surface area contributed by atoms with Crippen LogP contribution < -0.4 is 5.32 Å². The quantitative estimate of drug-likeness (QED) is 0.718. The lowest BCUT2D eigenvalue weighted by Gasteiger charge is -2.32. The van der Waals surface area contributed by atoms with Crippen molar-refractivity contribution in [2.75, 3.05) is 33.4 Å². The zero-order valence-corrected chi connectivity index (χ0v) is 16.2. The maximum Gasteiger partial charge on any atom is 0.490 e. The Morgan fingerprint density at radius 1 is 1.45 bits per heavy atom. The molecule has 3 rings (SSSR count). The van der Waals surface area contributed by atoms with Crippen LogP contribution in [0.15, 0.2) is 12.4 Å². The number of hydrogen-bond acceptors (Lipinski definition) is 6. The predicted molar refractivity (Wildman–Crippen MR) is 94.4 cm³/mol. The molecule has 2 aliphatic rings. The molecule has 1 aromatic rings. The molecule has 29 heavy (non-hydrogen) atoms. The van der Waals surface area contributed by atoms with E-state index in [1.165, 1.54) is 0 Å². The van der Waals surface area contributed by atoms with Gasteiger partial charge in [0.05, 0.1) is 30.5 Å². The summed E-state index contributed by atoms with van der Waals surface area (Å²) >= 11 is 0. The molecule has 0 bridgehead atoms. The lowest BCUT2D eigenvalue weighted by Crippen LogP contribution is -2.47. The average molecular weight is 422 g/mol. The zero-order valence-electron chi connectivity index (χ0n) is 16.2. The van der Waals surface area contributed by atoms with Gasteiger partial charge in [-0.2, -0.15) is 18.3 Å². The molecule has 12 heteroatoms. The van der Waals surface area contributed by atoms with Crippen LogP contribution in [0, 0.1) is 0 Å². The third-order valence-electron chi connectivity index (χ3n) is 4.74. The van der Waals surface area contributed by atoms with E-state index in [0.717, 1.165) is 32.5 Å². The molecule has 2 fully saturated rings. The first-order chi connectivity index (χ1) is 13.6. The summed E-state index contributed by atoms with van der Waals surface area (Å²) in [5.41, 5.74) is 0.588. The number of carboxylic acid groups (broad SMARTS) is 1. The summed E-state index contributed by atoms with van der Waals surface area (Å²) in [6.45, 7) is 3.16. The number of aromatic nitrogens is 2. The highest BCUT2D eigenvalue weighted by Gasteiger charge is 2.44. The first-order valence-electron chi connectivity index (χ1n) is 9.07. The van der Waals surface area contributed by atoms with Crippen molar-refractivity contribution in [3.05, 3.63) is 18.0 Å². The molecule has 3 atom stereocenters. The number of halogens is 3. The van der Waals surface area contributed by atoms with Crippen molar-refractivity contribution >= 4 is 11.9 Å². The topological polar surface area (TPSA) is 106 Å². The van der Waals surface area contributed by atoms with Crippen LogP contribution in [0.3, 0.4) is 0 Å². The molecule has 1 amide bonds. The van der Waals surface area contributed by atoms with Gasteiger partial charge in [0.25, 0.3) is 5.91 Å². The van der Waals surface area contributed by atoms with Crippen molar-refractivity contribution < 1.29 is 37.3 Å². The van der Waals surface area contributed by atoms with Crippen LogP contribution in [0.1, 0.15) is 23.2 Å². The Balaban J connectivity index is 0.000000370. The highest BCUT2D eigenvalue weighted by Crippen LogP contribution is 2.28. The number of nitrogens with one attached hydrogen (secondary N) is 1. The van der Waals surface area contributed by atoms with Gasteiger partial charge in [0.2, 0.25) is 0 Å². The van der Waals surface area contributed by atoms with Crippen LogP contribution in [0.4, 0.5) is 13.2 Å². The molecule has 2 aliphatic heterocycles. The van der Waals surface area contributed by atoms with Crippen molar-refractivity contribution in [3.63, 3.8) is 0 Å². The minimum atomic E-state index is -5.08. The Hall–Kier alpha value is -2.18. The van der Waals surface area contributed by atoms with Gasteiger partial charge in [-0.3, -0.25) is 14.4 Å². The van der Waals surface area contributed by atoms with E-state index in [1.807, 2.05) is 0 Å². The van der Waals surface area contributed by atoms with Crippen LogP contribution >= 0.6 is 0 Å². The second-order valence-electron chi connectivity index (χ2n) is 6.82.